The Morgan fingerprint density at radius 3 is 2.44 bits per heavy atom. The first-order chi connectivity index (χ1) is 19.6. The average molecular weight is 561 g/mol. The number of rotatable bonds is 9. The Labute approximate surface area is 238 Å². The second-order valence-corrected chi connectivity index (χ2v) is 10.8. The summed E-state index contributed by atoms with van der Waals surface area (Å²) in [6.07, 6.45) is 2.64. The first-order valence-electron chi connectivity index (χ1n) is 13.3. The maximum Gasteiger partial charge on any atom is 0.302 e. The Bertz CT molecular complexity index is 1430. The Morgan fingerprint density at radius 2 is 1.73 bits per heavy atom. The highest BCUT2D eigenvalue weighted by Gasteiger charge is 2.41. The van der Waals surface area contributed by atoms with E-state index in [4.69, 9.17) is 4.74 Å². The van der Waals surface area contributed by atoms with Crippen LogP contribution in [0.3, 0.4) is 0 Å². The summed E-state index contributed by atoms with van der Waals surface area (Å²) in [5, 5.41) is 2.69. The molecule has 1 aromatic heterocycles. The van der Waals surface area contributed by atoms with Crippen molar-refractivity contribution in [2.24, 2.45) is 5.41 Å². The number of anilines is 1. The summed E-state index contributed by atoms with van der Waals surface area (Å²) >= 11 is 0. The van der Waals surface area contributed by atoms with E-state index in [0.29, 0.717) is 16.8 Å². The van der Waals surface area contributed by atoms with Crippen LogP contribution in [0.1, 0.15) is 48.7 Å². The van der Waals surface area contributed by atoms with Crippen LogP contribution in [0.2, 0.25) is 0 Å². The van der Waals surface area contributed by atoms with Gasteiger partial charge in [0.25, 0.3) is 5.91 Å². The molecule has 0 bridgehead atoms. The topological polar surface area (TPSA) is 109 Å². The Balaban J connectivity index is 1.68. The third-order valence-electron chi connectivity index (χ3n) is 6.80. The third kappa shape index (κ3) is 7.33. The number of nitrogens with zero attached hydrogens (tertiary/aromatic N) is 3. The Hall–Kier alpha value is -4.60. The number of pyridine rings is 1. The number of benzene rings is 2. The molecule has 3 amide bonds. The summed E-state index contributed by atoms with van der Waals surface area (Å²) in [7, 11) is 0. The van der Waals surface area contributed by atoms with Crippen molar-refractivity contribution >= 4 is 29.4 Å². The van der Waals surface area contributed by atoms with Gasteiger partial charge in [-0.1, -0.05) is 50.2 Å². The highest BCUT2D eigenvalue weighted by atomic mass is 19.1. The van der Waals surface area contributed by atoms with Gasteiger partial charge in [-0.05, 0) is 29.8 Å². The van der Waals surface area contributed by atoms with Gasteiger partial charge < -0.3 is 19.9 Å². The van der Waals surface area contributed by atoms with Gasteiger partial charge in [-0.3, -0.25) is 24.2 Å². The van der Waals surface area contributed by atoms with Crippen LogP contribution in [0.25, 0.3) is 0 Å². The number of amides is 3. The summed E-state index contributed by atoms with van der Waals surface area (Å²) in [5.74, 6) is -2.27. The number of nitrogens with one attached hydrogen (secondary N) is 1. The monoisotopic (exact) mass is 560 g/mol. The van der Waals surface area contributed by atoms with Gasteiger partial charge in [0.2, 0.25) is 11.8 Å². The van der Waals surface area contributed by atoms with Gasteiger partial charge in [0.05, 0.1) is 13.0 Å². The number of esters is 1. The Kier molecular flexibility index (Phi) is 9.11. The predicted molar refractivity (Wildman–Crippen MR) is 150 cm³/mol. The van der Waals surface area contributed by atoms with Crippen LogP contribution in [0.4, 0.5) is 10.1 Å². The van der Waals surface area contributed by atoms with Crippen LogP contribution in [0.15, 0.2) is 73.1 Å². The number of carbonyl (C=O) groups is 4. The molecule has 3 aromatic rings. The quantitative estimate of drug-likeness (QED) is 0.398. The molecule has 1 unspecified atom stereocenters. The number of hydrogen-bond acceptors (Lipinski definition) is 6. The number of fused-ring (bicyclic) bond motifs is 1. The molecular weight excluding hydrogens is 527 g/mol. The fraction of sp³-hybridized carbons (Fsp3) is 0.323. The van der Waals surface area contributed by atoms with E-state index in [1.54, 1.807) is 47.4 Å². The number of halogens is 1. The minimum Gasteiger partial charge on any atom is -0.465 e. The molecule has 1 aliphatic rings. The lowest BCUT2D eigenvalue weighted by atomic mass is 9.93. The molecule has 2 heterocycles. The molecule has 4 rings (SSSR count). The number of aromatic nitrogens is 1. The van der Waals surface area contributed by atoms with Crippen LogP contribution in [-0.4, -0.2) is 52.8 Å². The van der Waals surface area contributed by atoms with E-state index in [-0.39, 0.29) is 32.7 Å². The lowest BCUT2D eigenvalue weighted by molar-refractivity contribution is -0.143. The number of carbonyl (C=O) groups excluding carboxylic acids is 4. The van der Waals surface area contributed by atoms with Crippen LogP contribution in [0.5, 0.6) is 0 Å². The zero-order valence-corrected chi connectivity index (χ0v) is 23.3. The predicted octanol–water partition coefficient (Wildman–Crippen LogP) is 3.87. The molecule has 1 aliphatic heterocycles. The van der Waals surface area contributed by atoms with Gasteiger partial charge in [0.1, 0.15) is 11.9 Å². The molecule has 0 saturated carbocycles. The molecule has 9 nitrogen and oxygen atoms in total. The van der Waals surface area contributed by atoms with E-state index in [2.05, 4.69) is 10.3 Å². The van der Waals surface area contributed by atoms with Gasteiger partial charge in [-0.15, -0.1) is 0 Å². The molecule has 0 fully saturated rings. The van der Waals surface area contributed by atoms with Crippen molar-refractivity contribution in [3.8, 4) is 0 Å². The summed E-state index contributed by atoms with van der Waals surface area (Å²) < 4.78 is 19.4. The van der Waals surface area contributed by atoms with Crippen LogP contribution >= 0.6 is 0 Å². The highest BCUT2D eigenvalue weighted by molar-refractivity contribution is 6.05. The second kappa shape index (κ2) is 12.7. The average Bonchev–Trinajstić information content (AvgIpc) is 3.06. The SMILES string of the molecule is CC(=O)OCC(C)(C)CN1C(=O)C(CC(=O)NCc2ccccc2F)N(C(=O)c2ccncc2)Cc2ccccc21. The zero-order valence-electron chi connectivity index (χ0n) is 23.3. The summed E-state index contributed by atoms with van der Waals surface area (Å²) in [5.41, 5.74) is 1.32. The van der Waals surface area contributed by atoms with E-state index >= 15 is 0 Å². The summed E-state index contributed by atoms with van der Waals surface area (Å²) in [4.78, 5) is 59.7. The van der Waals surface area contributed by atoms with Crippen LogP contribution in [-0.2, 0) is 32.2 Å². The zero-order chi connectivity index (χ0) is 29.6. The normalized spacial score (nSPS) is 15.1. The van der Waals surface area contributed by atoms with Crippen molar-refractivity contribution in [1.29, 1.82) is 0 Å². The fourth-order valence-electron chi connectivity index (χ4n) is 4.72. The van der Waals surface area contributed by atoms with Crippen molar-refractivity contribution in [3.05, 3.63) is 95.6 Å². The van der Waals surface area contributed by atoms with Gasteiger partial charge in [0.15, 0.2) is 0 Å². The number of para-hydroxylation sites is 1. The minimum atomic E-state index is -1.16. The standard InChI is InChI=1S/C31H33FN4O5/c1-21(37)41-20-31(2,3)19-36-26-11-7-5-9-24(26)18-35(29(39)22-12-14-33-15-13-22)27(30(36)40)16-28(38)34-17-23-8-4-6-10-25(23)32/h4-15,27H,16-20H2,1-3H3,(H,34,38). The molecule has 1 N–H and O–H groups in total. The molecule has 10 heteroatoms. The van der Waals surface area contributed by atoms with Gasteiger partial charge in [-0.25, -0.2) is 4.39 Å². The van der Waals surface area contributed by atoms with Crippen molar-refractivity contribution in [2.75, 3.05) is 18.1 Å². The van der Waals surface area contributed by atoms with Crippen molar-refractivity contribution in [1.82, 2.24) is 15.2 Å². The van der Waals surface area contributed by atoms with Crippen molar-refractivity contribution in [3.63, 3.8) is 0 Å². The molecule has 0 spiro atoms. The van der Waals surface area contributed by atoms with Gasteiger partial charge in [0, 0.05) is 61.2 Å². The minimum absolute atomic E-state index is 0.0654. The van der Waals surface area contributed by atoms with E-state index < -0.39 is 41.0 Å². The van der Waals surface area contributed by atoms with E-state index in [0.717, 1.165) is 5.56 Å². The van der Waals surface area contributed by atoms with Crippen LogP contribution in [0, 0.1) is 11.2 Å². The van der Waals surface area contributed by atoms with E-state index in [9.17, 15) is 23.6 Å². The summed E-state index contributed by atoms with van der Waals surface area (Å²) in [6, 6.07) is 15.3. The molecule has 1 atom stereocenters. The number of hydrogen-bond donors (Lipinski definition) is 1. The molecule has 2 aromatic carbocycles. The molecule has 41 heavy (non-hydrogen) atoms. The van der Waals surface area contributed by atoms with E-state index in [1.165, 1.54) is 30.3 Å². The third-order valence-corrected chi connectivity index (χ3v) is 6.80. The lowest BCUT2D eigenvalue weighted by Gasteiger charge is -2.35. The highest BCUT2D eigenvalue weighted by Crippen LogP contribution is 2.33. The second-order valence-electron chi connectivity index (χ2n) is 10.8. The van der Waals surface area contributed by atoms with Gasteiger partial charge >= 0.3 is 5.97 Å². The molecule has 214 valence electrons. The van der Waals surface area contributed by atoms with Gasteiger partial charge in [-0.2, -0.15) is 0 Å². The summed E-state index contributed by atoms with van der Waals surface area (Å²) in [6.45, 7) is 5.31. The first kappa shape index (κ1) is 29.4. The first-order valence-corrected chi connectivity index (χ1v) is 13.3. The van der Waals surface area contributed by atoms with Crippen molar-refractivity contribution < 1.29 is 28.3 Å². The maximum absolute atomic E-state index is 14.3. The fourth-order valence-corrected chi connectivity index (χ4v) is 4.72. The molecule has 0 saturated heterocycles. The maximum atomic E-state index is 14.3. The lowest BCUT2D eigenvalue weighted by Crippen LogP contribution is -2.52. The molecule has 0 radical (unpaired) electrons. The largest absolute Gasteiger partial charge is 0.465 e. The van der Waals surface area contributed by atoms with Crippen LogP contribution < -0.4 is 10.2 Å². The van der Waals surface area contributed by atoms with Crippen molar-refractivity contribution in [2.45, 2.75) is 46.3 Å². The molecular formula is C31H33FN4O5. The van der Waals surface area contributed by atoms with E-state index in [1.807, 2.05) is 26.0 Å². The smallest absolute Gasteiger partial charge is 0.302 e. The Morgan fingerprint density at radius 1 is 1.05 bits per heavy atom. The number of ether oxygens (including phenoxy) is 1. The molecule has 0 aliphatic carbocycles.